The van der Waals surface area contributed by atoms with Crippen LogP contribution in [-0.4, -0.2) is 10.8 Å². The van der Waals surface area contributed by atoms with Crippen molar-refractivity contribution in [1.82, 2.24) is 0 Å². The van der Waals surface area contributed by atoms with E-state index in [4.69, 9.17) is 11.6 Å². The van der Waals surface area contributed by atoms with E-state index >= 15 is 0 Å². The third kappa shape index (κ3) is 3.42. The van der Waals surface area contributed by atoms with Gasteiger partial charge in [-0.3, -0.25) is 10.1 Å². The average Bonchev–Trinajstić information content (AvgIpc) is 2.14. The number of halogens is 2. The largest absolute Gasteiger partial charge is 0.270 e. The fourth-order valence-electron chi connectivity index (χ4n) is 1.15. The lowest BCUT2D eigenvalue weighted by Crippen LogP contribution is -1.93. The number of nitrogens with zero attached hydrogens (tertiary/aromatic N) is 1. The Morgan fingerprint density at radius 1 is 1.43 bits per heavy atom. The van der Waals surface area contributed by atoms with E-state index in [1.165, 1.54) is 0 Å². The monoisotopic (exact) mass is 325 g/mol. The van der Waals surface area contributed by atoms with E-state index in [0.29, 0.717) is 5.88 Å². The molecule has 0 fully saturated rings. The molecule has 0 radical (unpaired) electrons. The molecule has 0 heterocycles. The first-order chi connectivity index (χ1) is 6.63. The predicted octanol–water partition coefficient (Wildman–Crippen LogP) is 3.37. The Hall–Kier alpha value is -0.360. The highest BCUT2D eigenvalue weighted by molar-refractivity contribution is 14.1. The molecule has 0 aliphatic carbocycles. The maximum absolute atomic E-state index is 10.6. The van der Waals surface area contributed by atoms with Gasteiger partial charge in [0, 0.05) is 21.6 Å². The minimum absolute atomic E-state index is 0.154. The Morgan fingerprint density at radius 2 is 2.14 bits per heavy atom. The molecule has 0 unspecified atom stereocenters. The first-order valence-electron chi connectivity index (χ1n) is 4.13. The maximum atomic E-state index is 10.6. The Morgan fingerprint density at radius 3 is 2.71 bits per heavy atom. The smallest absolute Gasteiger partial charge is 0.258 e. The molecule has 1 aromatic carbocycles. The number of hydrogen-bond donors (Lipinski definition) is 0. The van der Waals surface area contributed by atoms with Crippen LogP contribution in [0, 0.1) is 13.7 Å². The van der Waals surface area contributed by atoms with Gasteiger partial charge in [0.15, 0.2) is 0 Å². The van der Waals surface area contributed by atoms with E-state index < -0.39 is 0 Å². The van der Waals surface area contributed by atoms with Gasteiger partial charge in [-0.1, -0.05) is 0 Å². The first kappa shape index (κ1) is 11.7. The summed E-state index contributed by atoms with van der Waals surface area (Å²) in [5, 5.41) is 10.6. The third-order valence-electron chi connectivity index (χ3n) is 1.75. The lowest BCUT2D eigenvalue weighted by atomic mass is 10.1. The Labute approximate surface area is 101 Å². The van der Waals surface area contributed by atoms with Gasteiger partial charge in [0.2, 0.25) is 0 Å². The van der Waals surface area contributed by atoms with E-state index in [0.717, 1.165) is 22.0 Å². The Bertz CT molecular complexity index is 344. The van der Waals surface area contributed by atoms with Crippen molar-refractivity contribution in [3.05, 3.63) is 37.4 Å². The summed E-state index contributed by atoms with van der Waals surface area (Å²) in [7, 11) is 0. The van der Waals surface area contributed by atoms with Crippen molar-refractivity contribution < 1.29 is 4.92 Å². The minimum atomic E-state index is -0.369. The van der Waals surface area contributed by atoms with E-state index in [1.807, 2.05) is 6.07 Å². The Kier molecular flexibility index (Phi) is 4.60. The van der Waals surface area contributed by atoms with Gasteiger partial charge in [0.1, 0.15) is 0 Å². The van der Waals surface area contributed by atoms with Gasteiger partial charge < -0.3 is 0 Å². The highest BCUT2D eigenvalue weighted by Gasteiger charge is 2.07. The van der Waals surface area contributed by atoms with Gasteiger partial charge in [-0.25, -0.2) is 0 Å². The zero-order chi connectivity index (χ0) is 10.6. The second kappa shape index (κ2) is 5.50. The molecule has 76 valence electrons. The molecule has 3 nitrogen and oxygen atoms in total. The van der Waals surface area contributed by atoms with E-state index in [-0.39, 0.29) is 10.6 Å². The van der Waals surface area contributed by atoms with Crippen LogP contribution in [-0.2, 0) is 6.42 Å². The van der Waals surface area contributed by atoms with E-state index in [2.05, 4.69) is 22.6 Å². The van der Waals surface area contributed by atoms with Gasteiger partial charge in [-0.15, -0.1) is 11.6 Å². The molecule has 1 aromatic rings. The number of nitro benzene ring substituents is 1. The van der Waals surface area contributed by atoms with Crippen LogP contribution in [0.5, 0.6) is 0 Å². The molecule has 1 rings (SSSR count). The summed E-state index contributed by atoms with van der Waals surface area (Å²) in [6.07, 6.45) is 1.64. The quantitative estimate of drug-likeness (QED) is 0.369. The molecule has 0 bridgehead atoms. The van der Waals surface area contributed by atoms with Gasteiger partial charge in [-0.2, -0.15) is 0 Å². The van der Waals surface area contributed by atoms with Gasteiger partial charge in [0.25, 0.3) is 5.69 Å². The summed E-state index contributed by atoms with van der Waals surface area (Å²) in [5.74, 6) is 0.583. The van der Waals surface area contributed by atoms with Crippen LogP contribution in [0.4, 0.5) is 5.69 Å². The van der Waals surface area contributed by atoms with Crippen molar-refractivity contribution in [1.29, 1.82) is 0 Å². The molecule has 0 aromatic heterocycles. The summed E-state index contributed by atoms with van der Waals surface area (Å²) in [6, 6.07) is 5.11. The van der Waals surface area contributed by atoms with Crippen molar-refractivity contribution in [3.8, 4) is 0 Å². The van der Waals surface area contributed by atoms with Crippen molar-refractivity contribution in [2.45, 2.75) is 12.8 Å². The molecule has 14 heavy (non-hydrogen) atoms. The number of benzene rings is 1. The van der Waals surface area contributed by atoms with Gasteiger partial charge in [0.05, 0.1) is 4.92 Å². The predicted molar refractivity (Wildman–Crippen MR) is 64.9 cm³/mol. The molecular weight excluding hydrogens is 316 g/mol. The molecule has 0 aliphatic heterocycles. The van der Waals surface area contributed by atoms with Gasteiger partial charge >= 0.3 is 0 Å². The van der Waals surface area contributed by atoms with Crippen molar-refractivity contribution in [2.24, 2.45) is 0 Å². The van der Waals surface area contributed by atoms with Crippen LogP contribution >= 0.6 is 34.2 Å². The lowest BCUT2D eigenvalue weighted by molar-refractivity contribution is -0.385. The van der Waals surface area contributed by atoms with Crippen LogP contribution < -0.4 is 0 Å². The molecule has 0 aliphatic rings. The maximum Gasteiger partial charge on any atom is 0.270 e. The van der Waals surface area contributed by atoms with Crippen LogP contribution in [0.1, 0.15) is 12.0 Å². The fraction of sp³-hybridized carbons (Fsp3) is 0.333. The van der Waals surface area contributed by atoms with Gasteiger partial charge in [-0.05, 0) is 47.1 Å². The lowest BCUT2D eigenvalue weighted by Gasteiger charge is -2.00. The Balaban J connectivity index is 2.89. The number of aryl methyl sites for hydroxylation is 1. The highest BCUT2D eigenvalue weighted by atomic mass is 127. The number of alkyl halides is 1. The van der Waals surface area contributed by atoms with Crippen molar-refractivity contribution in [3.63, 3.8) is 0 Å². The third-order valence-corrected chi connectivity index (χ3v) is 2.64. The van der Waals surface area contributed by atoms with Crippen LogP contribution in [0.3, 0.4) is 0 Å². The molecular formula is C9H9ClINO2. The molecule has 0 N–H and O–H groups in total. The van der Waals surface area contributed by atoms with Crippen molar-refractivity contribution >= 4 is 39.9 Å². The number of nitro groups is 1. The fourth-order valence-corrected chi connectivity index (χ4v) is 2.01. The number of hydrogen-bond acceptors (Lipinski definition) is 2. The van der Waals surface area contributed by atoms with E-state index in [9.17, 15) is 10.1 Å². The zero-order valence-corrected chi connectivity index (χ0v) is 10.3. The summed E-state index contributed by atoms with van der Waals surface area (Å²) >= 11 is 7.64. The summed E-state index contributed by atoms with van der Waals surface area (Å²) < 4.78 is 0.890. The van der Waals surface area contributed by atoms with Crippen LogP contribution in [0.2, 0.25) is 0 Å². The summed E-state index contributed by atoms with van der Waals surface area (Å²) in [4.78, 5) is 10.2. The minimum Gasteiger partial charge on any atom is -0.258 e. The van der Waals surface area contributed by atoms with Crippen LogP contribution in [0.25, 0.3) is 0 Å². The summed E-state index contributed by atoms with van der Waals surface area (Å²) in [5.41, 5.74) is 1.13. The molecule has 5 heteroatoms. The molecule has 0 saturated heterocycles. The molecule has 0 spiro atoms. The van der Waals surface area contributed by atoms with Crippen LogP contribution in [0.15, 0.2) is 18.2 Å². The second-order valence-electron chi connectivity index (χ2n) is 2.87. The second-order valence-corrected chi connectivity index (χ2v) is 4.49. The SMILES string of the molecule is O=[N+]([O-])c1cc(I)cc(CCCCl)c1. The number of rotatable bonds is 4. The molecule has 0 saturated carbocycles. The summed E-state index contributed by atoms with van der Waals surface area (Å²) in [6.45, 7) is 0. The number of non-ortho nitro benzene ring substituents is 1. The normalized spacial score (nSPS) is 10.1. The first-order valence-corrected chi connectivity index (χ1v) is 5.74. The van der Waals surface area contributed by atoms with E-state index in [1.54, 1.807) is 12.1 Å². The average molecular weight is 326 g/mol. The zero-order valence-electron chi connectivity index (χ0n) is 7.37. The molecule has 0 amide bonds. The molecule has 0 atom stereocenters. The highest BCUT2D eigenvalue weighted by Crippen LogP contribution is 2.19. The standard InChI is InChI=1S/C9H9ClINO2/c10-3-1-2-7-4-8(11)6-9(5-7)12(13)14/h4-6H,1-3H2. The topological polar surface area (TPSA) is 43.1 Å². The van der Waals surface area contributed by atoms with Crippen molar-refractivity contribution in [2.75, 3.05) is 5.88 Å².